The second-order valence-electron chi connectivity index (χ2n) is 6.50. The summed E-state index contributed by atoms with van der Waals surface area (Å²) >= 11 is 0. The smallest absolute Gasteiger partial charge is 0.224 e. The minimum atomic E-state index is -0.0206. The molecule has 0 heterocycles. The molecule has 1 amide bonds. The Bertz CT molecular complexity index is 759. The first-order chi connectivity index (χ1) is 12.5. The van der Waals surface area contributed by atoms with Crippen LogP contribution in [0.1, 0.15) is 41.6 Å². The first-order valence-corrected chi connectivity index (χ1v) is 9.03. The van der Waals surface area contributed by atoms with E-state index in [9.17, 15) is 4.79 Å². The minimum Gasteiger partial charge on any atom is -0.490 e. The molecular formula is C21H29N3O2. The zero-order valence-electron chi connectivity index (χ0n) is 15.8. The number of anilines is 1. The molecule has 0 bridgehead atoms. The van der Waals surface area contributed by atoms with Crippen LogP contribution in [0.3, 0.4) is 0 Å². The van der Waals surface area contributed by atoms with Gasteiger partial charge in [-0.15, -0.1) is 0 Å². The van der Waals surface area contributed by atoms with E-state index in [2.05, 4.69) is 38.2 Å². The molecule has 5 nitrogen and oxygen atoms in total. The van der Waals surface area contributed by atoms with Crippen LogP contribution in [-0.4, -0.2) is 19.1 Å². The van der Waals surface area contributed by atoms with Gasteiger partial charge in [-0.2, -0.15) is 0 Å². The summed E-state index contributed by atoms with van der Waals surface area (Å²) in [4.78, 5) is 12.5. The predicted octanol–water partition coefficient (Wildman–Crippen LogP) is 3.03. The van der Waals surface area contributed by atoms with E-state index in [1.807, 2.05) is 12.1 Å². The predicted molar refractivity (Wildman–Crippen MR) is 106 cm³/mol. The van der Waals surface area contributed by atoms with Crippen molar-refractivity contribution < 1.29 is 9.53 Å². The number of carbonyl (C=O) groups is 1. The fourth-order valence-corrected chi connectivity index (χ4v) is 2.99. The van der Waals surface area contributed by atoms with Gasteiger partial charge in [0, 0.05) is 6.54 Å². The van der Waals surface area contributed by atoms with E-state index in [4.69, 9.17) is 16.2 Å². The van der Waals surface area contributed by atoms with Crippen LogP contribution in [0.2, 0.25) is 0 Å². The highest BCUT2D eigenvalue weighted by molar-refractivity contribution is 5.79. The highest BCUT2D eigenvalue weighted by Gasteiger charge is 2.16. The molecule has 26 heavy (non-hydrogen) atoms. The molecule has 5 heteroatoms. The van der Waals surface area contributed by atoms with Crippen molar-refractivity contribution in [3.05, 3.63) is 58.7 Å². The van der Waals surface area contributed by atoms with Crippen LogP contribution in [0.4, 0.5) is 5.69 Å². The van der Waals surface area contributed by atoms with Gasteiger partial charge in [-0.25, -0.2) is 0 Å². The maximum absolute atomic E-state index is 12.5. The molecule has 0 aliphatic heterocycles. The van der Waals surface area contributed by atoms with Crippen LogP contribution in [0.25, 0.3) is 0 Å². The van der Waals surface area contributed by atoms with Gasteiger partial charge in [0.05, 0.1) is 18.2 Å². The molecule has 0 radical (unpaired) electrons. The number of benzene rings is 2. The average molecular weight is 355 g/mol. The first kappa shape index (κ1) is 19.8. The molecule has 0 saturated carbocycles. The Kier molecular flexibility index (Phi) is 7.04. The standard InChI is InChI=1S/C21H29N3O2/c1-4-19(17-7-5-6-14(2)15(17)3)24-21(25)13-16-8-9-20(18(23)12-16)26-11-10-22/h5-9,12,19H,4,10-11,13,22-23H2,1-3H3,(H,24,25). The Morgan fingerprint density at radius 3 is 2.65 bits per heavy atom. The second-order valence-corrected chi connectivity index (χ2v) is 6.50. The summed E-state index contributed by atoms with van der Waals surface area (Å²) in [5.74, 6) is 0.578. The van der Waals surface area contributed by atoms with Crippen molar-refractivity contribution >= 4 is 11.6 Å². The van der Waals surface area contributed by atoms with Gasteiger partial charge in [-0.3, -0.25) is 4.79 Å². The van der Waals surface area contributed by atoms with Gasteiger partial charge in [0.1, 0.15) is 12.4 Å². The lowest BCUT2D eigenvalue weighted by Crippen LogP contribution is -2.30. The van der Waals surface area contributed by atoms with E-state index in [1.54, 1.807) is 12.1 Å². The summed E-state index contributed by atoms with van der Waals surface area (Å²) in [6.45, 7) is 7.11. The third-order valence-electron chi connectivity index (χ3n) is 4.58. The summed E-state index contributed by atoms with van der Waals surface area (Å²) in [5, 5.41) is 3.14. The fourth-order valence-electron chi connectivity index (χ4n) is 2.99. The van der Waals surface area contributed by atoms with Crippen molar-refractivity contribution in [3.63, 3.8) is 0 Å². The van der Waals surface area contributed by atoms with Crippen LogP contribution < -0.4 is 21.5 Å². The number of hydrogen-bond acceptors (Lipinski definition) is 4. The normalized spacial score (nSPS) is 11.8. The SMILES string of the molecule is CCC(NC(=O)Cc1ccc(OCCN)c(N)c1)c1cccc(C)c1C. The van der Waals surface area contributed by atoms with Gasteiger partial charge >= 0.3 is 0 Å². The van der Waals surface area contributed by atoms with Crippen molar-refractivity contribution in [2.24, 2.45) is 5.73 Å². The van der Waals surface area contributed by atoms with E-state index in [0.29, 0.717) is 24.6 Å². The average Bonchev–Trinajstić information content (AvgIpc) is 2.61. The molecule has 2 rings (SSSR count). The Morgan fingerprint density at radius 1 is 1.23 bits per heavy atom. The van der Waals surface area contributed by atoms with Gasteiger partial charge in [0.2, 0.25) is 5.91 Å². The molecule has 2 aromatic carbocycles. The highest BCUT2D eigenvalue weighted by atomic mass is 16.5. The Hall–Kier alpha value is -2.53. The molecule has 0 fully saturated rings. The van der Waals surface area contributed by atoms with E-state index < -0.39 is 0 Å². The molecule has 0 aliphatic carbocycles. The maximum atomic E-state index is 12.5. The van der Waals surface area contributed by atoms with Crippen molar-refractivity contribution in [1.82, 2.24) is 5.32 Å². The van der Waals surface area contributed by atoms with Crippen LogP contribution in [0.15, 0.2) is 36.4 Å². The topological polar surface area (TPSA) is 90.4 Å². The van der Waals surface area contributed by atoms with E-state index in [1.165, 1.54) is 16.7 Å². The molecule has 0 saturated heterocycles. The van der Waals surface area contributed by atoms with Gasteiger partial charge in [-0.05, 0) is 54.7 Å². The Balaban J connectivity index is 2.05. The number of rotatable bonds is 8. The van der Waals surface area contributed by atoms with Gasteiger partial charge < -0.3 is 21.5 Å². The fraction of sp³-hybridized carbons (Fsp3) is 0.381. The monoisotopic (exact) mass is 355 g/mol. The number of nitrogens with one attached hydrogen (secondary N) is 1. The van der Waals surface area contributed by atoms with Gasteiger partial charge in [-0.1, -0.05) is 31.2 Å². The lowest BCUT2D eigenvalue weighted by Gasteiger charge is -2.21. The number of hydrogen-bond donors (Lipinski definition) is 3. The van der Waals surface area contributed by atoms with Crippen LogP contribution in [-0.2, 0) is 11.2 Å². The molecule has 0 aliphatic rings. The number of aryl methyl sites for hydroxylation is 1. The minimum absolute atomic E-state index is 0.00640. The molecule has 1 atom stereocenters. The van der Waals surface area contributed by atoms with E-state index in [0.717, 1.165) is 12.0 Å². The summed E-state index contributed by atoms with van der Waals surface area (Å²) in [6.07, 6.45) is 1.12. The molecule has 1 unspecified atom stereocenters. The number of amides is 1. The number of ether oxygens (including phenoxy) is 1. The zero-order chi connectivity index (χ0) is 19.1. The lowest BCUT2D eigenvalue weighted by molar-refractivity contribution is -0.121. The lowest BCUT2D eigenvalue weighted by atomic mass is 9.95. The van der Waals surface area contributed by atoms with Crippen LogP contribution in [0, 0.1) is 13.8 Å². The molecule has 5 N–H and O–H groups in total. The number of nitrogen functional groups attached to an aromatic ring is 1. The van der Waals surface area contributed by atoms with Crippen molar-refractivity contribution in [2.45, 2.75) is 39.7 Å². The Labute approximate surface area is 155 Å². The van der Waals surface area contributed by atoms with E-state index >= 15 is 0 Å². The molecular weight excluding hydrogens is 326 g/mol. The van der Waals surface area contributed by atoms with Gasteiger partial charge in [0.15, 0.2) is 0 Å². The molecule has 140 valence electrons. The van der Waals surface area contributed by atoms with Crippen LogP contribution in [0.5, 0.6) is 5.75 Å². The van der Waals surface area contributed by atoms with E-state index in [-0.39, 0.29) is 18.4 Å². The first-order valence-electron chi connectivity index (χ1n) is 9.03. The highest BCUT2D eigenvalue weighted by Crippen LogP contribution is 2.24. The zero-order valence-corrected chi connectivity index (χ0v) is 15.8. The summed E-state index contributed by atoms with van der Waals surface area (Å²) in [6, 6.07) is 11.6. The molecule has 0 spiro atoms. The molecule has 2 aromatic rings. The second kappa shape index (κ2) is 9.25. The largest absolute Gasteiger partial charge is 0.490 e. The van der Waals surface area contributed by atoms with Crippen molar-refractivity contribution in [3.8, 4) is 5.75 Å². The van der Waals surface area contributed by atoms with Crippen molar-refractivity contribution in [2.75, 3.05) is 18.9 Å². The quantitative estimate of drug-likeness (QED) is 0.635. The summed E-state index contributed by atoms with van der Waals surface area (Å²) < 4.78 is 5.46. The number of nitrogens with two attached hydrogens (primary N) is 2. The van der Waals surface area contributed by atoms with Crippen molar-refractivity contribution in [1.29, 1.82) is 0 Å². The summed E-state index contributed by atoms with van der Waals surface area (Å²) in [5.41, 5.74) is 16.4. The number of carbonyl (C=O) groups excluding carboxylic acids is 1. The molecule has 0 aromatic heterocycles. The third kappa shape index (κ3) is 4.99. The Morgan fingerprint density at radius 2 is 2.00 bits per heavy atom. The van der Waals surface area contributed by atoms with Crippen LogP contribution >= 0.6 is 0 Å². The third-order valence-corrected chi connectivity index (χ3v) is 4.58. The van der Waals surface area contributed by atoms with Gasteiger partial charge in [0.25, 0.3) is 0 Å². The maximum Gasteiger partial charge on any atom is 0.224 e. The summed E-state index contributed by atoms with van der Waals surface area (Å²) in [7, 11) is 0.